The summed E-state index contributed by atoms with van der Waals surface area (Å²) in [5.74, 6) is 2.23. The number of nitrogens with zero attached hydrogens (tertiary/aromatic N) is 2. The van der Waals surface area contributed by atoms with Gasteiger partial charge in [0.25, 0.3) is 0 Å². The van der Waals surface area contributed by atoms with Gasteiger partial charge in [-0.1, -0.05) is 99.5 Å². The number of esters is 1. The first-order valence-electron chi connectivity index (χ1n) is 17.2. The van der Waals surface area contributed by atoms with Gasteiger partial charge in [0.15, 0.2) is 0 Å². The van der Waals surface area contributed by atoms with Crippen LogP contribution in [-0.2, 0) is 19.7 Å². The van der Waals surface area contributed by atoms with Crippen molar-refractivity contribution in [3.05, 3.63) is 101 Å². The van der Waals surface area contributed by atoms with E-state index < -0.39 is 5.41 Å². The Morgan fingerprint density at radius 1 is 0.891 bits per heavy atom. The van der Waals surface area contributed by atoms with E-state index in [1.807, 2.05) is 61.5 Å². The second-order valence-corrected chi connectivity index (χ2v) is 13.9. The summed E-state index contributed by atoms with van der Waals surface area (Å²) in [5.41, 5.74) is 5.63. The molecule has 3 aromatic carbocycles. The molecule has 0 unspecified atom stereocenters. The Balaban J connectivity index is 0.000000210. The number of piperazine rings is 1. The molecule has 3 aromatic rings. The molecule has 0 radical (unpaired) electrons. The number of hydrogen-bond donors (Lipinski definition) is 0. The largest absolute Gasteiger partial charge is 0.465 e. The summed E-state index contributed by atoms with van der Waals surface area (Å²) >= 11 is 0. The highest BCUT2D eigenvalue weighted by Crippen LogP contribution is 2.48. The summed E-state index contributed by atoms with van der Waals surface area (Å²) in [6.45, 7) is 13.0. The second kappa shape index (κ2) is 17.6. The van der Waals surface area contributed by atoms with Crippen LogP contribution in [0.2, 0.25) is 0 Å². The highest BCUT2D eigenvalue weighted by Gasteiger charge is 2.48. The van der Waals surface area contributed by atoms with Gasteiger partial charge in [-0.3, -0.25) is 9.59 Å². The smallest absolute Gasteiger partial charge is 0.321 e. The molecule has 1 heterocycles. The van der Waals surface area contributed by atoms with Crippen molar-refractivity contribution in [2.75, 3.05) is 44.7 Å². The molecule has 1 aliphatic carbocycles. The number of anilines is 1. The molecule has 46 heavy (non-hydrogen) atoms. The number of carbonyl (C=O) groups excluding carboxylic acids is 2. The van der Waals surface area contributed by atoms with Crippen LogP contribution in [0.25, 0.3) is 0 Å². The van der Waals surface area contributed by atoms with E-state index in [0.717, 1.165) is 35.4 Å². The molecular weight excluding hydrogens is 587 g/mol. The zero-order valence-corrected chi connectivity index (χ0v) is 29.5. The van der Waals surface area contributed by atoms with Crippen LogP contribution in [0.3, 0.4) is 0 Å². The van der Waals surface area contributed by atoms with Crippen molar-refractivity contribution in [1.29, 1.82) is 0 Å². The lowest BCUT2D eigenvalue weighted by Crippen LogP contribution is -2.44. The van der Waals surface area contributed by atoms with E-state index in [1.165, 1.54) is 58.2 Å². The summed E-state index contributed by atoms with van der Waals surface area (Å²) in [5, 5.41) is 0. The summed E-state index contributed by atoms with van der Waals surface area (Å²) in [6.07, 6.45) is 6.53. The van der Waals surface area contributed by atoms with Gasteiger partial charge >= 0.3 is 5.97 Å². The van der Waals surface area contributed by atoms with Gasteiger partial charge < -0.3 is 14.5 Å². The summed E-state index contributed by atoms with van der Waals surface area (Å²) in [4.78, 5) is 30.1. The van der Waals surface area contributed by atoms with Crippen molar-refractivity contribution in [3.8, 4) is 0 Å². The zero-order valence-electron chi connectivity index (χ0n) is 28.6. The van der Waals surface area contributed by atoms with Gasteiger partial charge in [-0.05, 0) is 75.1 Å². The van der Waals surface area contributed by atoms with Crippen molar-refractivity contribution in [3.63, 3.8) is 0 Å². The summed E-state index contributed by atoms with van der Waals surface area (Å²) < 4.78 is 5.47. The topological polar surface area (TPSA) is 49.9 Å². The molecule has 0 spiro atoms. The van der Waals surface area contributed by atoms with Crippen LogP contribution in [0.1, 0.15) is 94.4 Å². The van der Waals surface area contributed by atoms with Crippen LogP contribution >= 0.6 is 8.20 Å². The molecular formula is C40H53N2O3P. The van der Waals surface area contributed by atoms with Crippen LogP contribution in [0, 0.1) is 0 Å². The number of rotatable bonds is 11. The minimum Gasteiger partial charge on any atom is -0.465 e. The third kappa shape index (κ3) is 8.55. The van der Waals surface area contributed by atoms with Crippen LogP contribution < -0.4 is 4.90 Å². The predicted octanol–water partition coefficient (Wildman–Crippen LogP) is 8.51. The van der Waals surface area contributed by atoms with Crippen molar-refractivity contribution in [2.45, 2.75) is 83.2 Å². The molecule has 6 heteroatoms. The number of ketones is 1. The van der Waals surface area contributed by atoms with E-state index in [0.29, 0.717) is 19.4 Å². The molecule has 1 saturated heterocycles. The van der Waals surface area contributed by atoms with E-state index in [4.69, 9.17) is 4.74 Å². The lowest BCUT2D eigenvalue weighted by atomic mass is 9.62. The van der Waals surface area contributed by atoms with E-state index in [-0.39, 0.29) is 17.7 Å². The standard InChI is InChI=1S/C21H22O3.C19H31N2P/c1-3-24-20(23)21(16-9-5-4-6-10-16)14-13-17(15(2)22)18-11-7-8-12-19(18)21;1-4-8-18(9-5-2)22-16-17-10-6-7-11-19(17)21-14-12-20(3)13-15-21/h4-12,17H,3,13-14H2,1-2H3;6-7,10-11,16,18H,4-5,8-9,12-15H2,1-3H3/t17-,21-;/m0./s1. The van der Waals surface area contributed by atoms with Gasteiger partial charge in [-0.2, -0.15) is 0 Å². The van der Waals surface area contributed by atoms with E-state index in [2.05, 4.69) is 60.8 Å². The lowest BCUT2D eigenvalue weighted by molar-refractivity contribution is -0.149. The van der Waals surface area contributed by atoms with Gasteiger partial charge in [0.2, 0.25) is 0 Å². The van der Waals surface area contributed by atoms with Gasteiger partial charge in [-0.25, -0.2) is 0 Å². The van der Waals surface area contributed by atoms with Crippen LogP contribution in [0.5, 0.6) is 0 Å². The first kappa shape index (κ1) is 35.6. The molecule has 2 aliphatic rings. The summed E-state index contributed by atoms with van der Waals surface area (Å²) in [7, 11) is 3.72. The van der Waals surface area contributed by atoms with E-state index in [9.17, 15) is 9.59 Å². The highest BCUT2D eigenvalue weighted by molar-refractivity contribution is 7.40. The van der Waals surface area contributed by atoms with Gasteiger partial charge in [0, 0.05) is 49.0 Å². The molecule has 1 fully saturated rings. The zero-order chi connectivity index (χ0) is 32.9. The Hall–Kier alpha value is -3.27. The highest BCUT2D eigenvalue weighted by atomic mass is 31.1. The molecule has 0 N–H and O–H groups in total. The van der Waals surface area contributed by atoms with Crippen LogP contribution in [-0.4, -0.2) is 67.9 Å². The Bertz CT molecular complexity index is 1430. The molecule has 1 aliphatic heterocycles. The van der Waals surface area contributed by atoms with Gasteiger partial charge in [-0.15, -0.1) is 8.20 Å². The lowest BCUT2D eigenvalue weighted by Gasteiger charge is -2.40. The van der Waals surface area contributed by atoms with Crippen LogP contribution in [0.15, 0.2) is 78.9 Å². The number of para-hydroxylation sites is 1. The molecule has 5 rings (SSSR count). The molecule has 5 nitrogen and oxygen atoms in total. The number of Topliss-reactive ketones (excluding diaryl/α,β-unsaturated/α-hetero) is 1. The maximum atomic E-state index is 13.1. The SMILES string of the molecule is CCCC(CCC)P=Cc1ccccc1N1CCN(C)CC1.CCOC(=O)[C@]1(c2ccccc2)CC[C@@H](C(C)=O)c2ccccc21. The van der Waals surface area contributed by atoms with Gasteiger partial charge in [0.05, 0.1) is 6.61 Å². The number of benzene rings is 3. The number of carbonyl (C=O) groups is 2. The molecule has 0 amide bonds. The average Bonchev–Trinajstić information content (AvgIpc) is 3.08. The minimum absolute atomic E-state index is 0.146. The summed E-state index contributed by atoms with van der Waals surface area (Å²) in [6, 6.07) is 26.5. The number of ether oxygens (including phenoxy) is 1. The number of fused-ring (bicyclic) bond motifs is 1. The Labute approximate surface area is 279 Å². The van der Waals surface area contributed by atoms with Crippen molar-refractivity contribution >= 4 is 31.4 Å². The van der Waals surface area contributed by atoms with Crippen molar-refractivity contribution < 1.29 is 14.3 Å². The molecule has 0 saturated carbocycles. The second-order valence-electron chi connectivity index (χ2n) is 12.6. The molecule has 0 bridgehead atoms. The third-order valence-corrected chi connectivity index (χ3v) is 10.8. The number of hydrogen-bond acceptors (Lipinski definition) is 5. The van der Waals surface area contributed by atoms with Crippen molar-refractivity contribution in [2.24, 2.45) is 0 Å². The quantitative estimate of drug-likeness (QED) is 0.155. The fraction of sp³-hybridized carbons (Fsp3) is 0.475. The Kier molecular flexibility index (Phi) is 13.6. The van der Waals surface area contributed by atoms with Crippen LogP contribution in [0.4, 0.5) is 5.69 Å². The predicted molar refractivity (Wildman–Crippen MR) is 195 cm³/mol. The van der Waals surface area contributed by atoms with Crippen molar-refractivity contribution in [1.82, 2.24) is 4.90 Å². The fourth-order valence-electron chi connectivity index (χ4n) is 6.95. The van der Waals surface area contributed by atoms with Gasteiger partial charge in [0.1, 0.15) is 11.2 Å². The first-order valence-corrected chi connectivity index (χ1v) is 18.3. The normalized spacial score (nSPS) is 19.8. The maximum Gasteiger partial charge on any atom is 0.321 e. The van der Waals surface area contributed by atoms with E-state index >= 15 is 0 Å². The average molecular weight is 641 g/mol. The fourth-order valence-corrected chi connectivity index (χ4v) is 8.35. The Morgan fingerprint density at radius 2 is 1.52 bits per heavy atom. The molecule has 2 atom stereocenters. The Morgan fingerprint density at radius 3 is 2.17 bits per heavy atom. The maximum absolute atomic E-state index is 13.1. The monoisotopic (exact) mass is 640 g/mol. The third-order valence-electron chi connectivity index (χ3n) is 9.43. The minimum atomic E-state index is -0.834. The first-order chi connectivity index (χ1) is 22.3. The van der Waals surface area contributed by atoms with E-state index in [1.54, 1.807) is 6.92 Å². The molecule has 246 valence electrons. The number of likely N-dealkylation sites (N-methyl/N-ethyl adjacent to an activating group) is 1. The molecule has 0 aromatic heterocycles.